The maximum Gasteiger partial charge on any atom is 0.301 e. The number of ether oxygens (including phenoxy) is 1. The van der Waals surface area contributed by atoms with Gasteiger partial charge in [0.25, 0.3) is 5.78 Å². The van der Waals surface area contributed by atoms with E-state index in [2.05, 4.69) is 16.9 Å². The molecule has 0 aliphatic carbocycles. The summed E-state index contributed by atoms with van der Waals surface area (Å²) < 4.78 is 7.70. The number of aromatic nitrogens is 3. The van der Waals surface area contributed by atoms with Crippen molar-refractivity contribution in [1.29, 1.82) is 0 Å². The molecule has 37 heavy (non-hydrogen) atoms. The van der Waals surface area contributed by atoms with E-state index in [4.69, 9.17) is 4.74 Å². The minimum Gasteiger partial charge on any atom is -0.505 e. The van der Waals surface area contributed by atoms with Gasteiger partial charge in [0.2, 0.25) is 0 Å². The minimum atomic E-state index is -0.856. The van der Waals surface area contributed by atoms with Crippen LogP contribution in [0.4, 0.5) is 5.13 Å². The molecule has 1 N–H and O–H groups in total. The van der Waals surface area contributed by atoms with E-state index in [1.807, 2.05) is 60.8 Å². The first kappa shape index (κ1) is 24.7. The van der Waals surface area contributed by atoms with E-state index in [-0.39, 0.29) is 17.0 Å². The molecular formula is C28H28N4O4S. The molecule has 9 heteroatoms. The van der Waals surface area contributed by atoms with Crippen LogP contribution in [0.2, 0.25) is 0 Å². The van der Waals surface area contributed by atoms with Crippen molar-refractivity contribution in [3.8, 4) is 5.75 Å². The van der Waals surface area contributed by atoms with Crippen molar-refractivity contribution in [2.75, 3.05) is 11.5 Å². The molecule has 0 saturated carbocycles. The van der Waals surface area contributed by atoms with Gasteiger partial charge in [0.15, 0.2) is 10.9 Å². The molecule has 5 rings (SSSR count). The average Bonchev–Trinajstić information content (AvgIpc) is 3.61. The number of fused-ring (bicyclic) bond motifs is 1. The molecule has 0 bridgehead atoms. The van der Waals surface area contributed by atoms with Crippen molar-refractivity contribution >= 4 is 39.6 Å². The largest absolute Gasteiger partial charge is 0.505 e. The highest BCUT2D eigenvalue weighted by atomic mass is 32.1. The van der Waals surface area contributed by atoms with Gasteiger partial charge in [-0.05, 0) is 49.6 Å². The van der Waals surface area contributed by atoms with Gasteiger partial charge in [0.1, 0.15) is 17.1 Å². The maximum absolute atomic E-state index is 13.4. The van der Waals surface area contributed by atoms with E-state index >= 15 is 0 Å². The minimum absolute atomic E-state index is 0.0130. The predicted octanol–water partition coefficient (Wildman–Crippen LogP) is 5.60. The summed E-state index contributed by atoms with van der Waals surface area (Å²) in [5.74, 6) is -1.11. The van der Waals surface area contributed by atoms with Gasteiger partial charge in [-0.15, -0.1) is 11.3 Å². The monoisotopic (exact) mass is 516 g/mol. The number of aliphatic hydroxyl groups is 1. The molecule has 1 aliphatic rings. The third-order valence-corrected chi connectivity index (χ3v) is 7.36. The van der Waals surface area contributed by atoms with Crippen LogP contribution in [0.25, 0.3) is 11.4 Å². The number of aliphatic hydroxyl groups excluding tert-OH is 1. The van der Waals surface area contributed by atoms with Crippen LogP contribution in [-0.4, -0.2) is 37.8 Å². The summed E-state index contributed by atoms with van der Waals surface area (Å²) in [7, 11) is 0. The van der Waals surface area contributed by atoms with Crippen LogP contribution in [0, 0.1) is 13.8 Å². The second kappa shape index (κ2) is 10.2. The summed E-state index contributed by atoms with van der Waals surface area (Å²) in [6.45, 7) is 6.52. The van der Waals surface area contributed by atoms with Gasteiger partial charge in [-0.25, -0.2) is 9.97 Å². The number of hydrogen-bond donors (Lipinski definition) is 1. The number of nitrogens with zero attached hydrogens (tertiary/aromatic N) is 4. The zero-order valence-electron chi connectivity index (χ0n) is 21.0. The highest BCUT2D eigenvalue weighted by molar-refractivity contribution is 7.14. The molecule has 8 nitrogen and oxygen atoms in total. The highest BCUT2D eigenvalue weighted by Crippen LogP contribution is 2.43. The van der Waals surface area contributed by atoms with Gasteiger partial charge in [0, 0.05) is 17.8 Å². The van der Waals surface area contributed by atoms with Crippen LogP contribution in [0.15, 0.2) is 59.7 Å². The Balaban J connectivity index is 1.61. The van der Waals surface area contributed by atoms with E-state index < -0.39 is 17.7 Å². The lowest BCUT2D eigenvalue weighted by molar-refractivity contribution is -0.132. The highest BCUT2D eigenvalue weighted by Gasteiger charge is 2.48. The predicted molar refractivity (Wildman–Crippen MR) is 143 cm³/mol. The fraction of sp³-hybridized carbons (Fsp3) is 0.286. The first-order valence-corrected chi connectivity index (χ1v) is 13.2. The molecule has 1 aliphatic heterocycles. The summed E-state index contributed by atoms with van der Waals surface area (Å²) in [5.41, 5.74) is 3.20. The van der Waals surface area contributed by atoms with Gasteiger partial charge >= 0.3 is 5.91 Å². The molecule has 0 spiro atoms. The molecule has 1 aromatic carbocycles. The third kappa shape index (κ3) is 4.40. The first-order chi connectivity index (χ1) is 17.9. The number of benzene rings is 1. The van der Waals surface area contributed by atoms with Crippen LogP contribution in [0.5, 0.6) is 5.75 Å². The Morgan fingerprint density at radius 1 is 1.14 bits per heavy atom. The Morgan fingerprint density at radius 2 is 1.92 bits per heavy atom. The molecule has 1 amide bonds. The van der Waals surface area contributed by atoms with Crippen molar-refractivity contribution < 1.29 is 19.4 Å². The van der Waals surface area contributed by atoms with Gasteiger partial charge in [0.05, 0.1) is 23.9 Å². The maximum atomic E-state index is 13.4. The summed E-state index contributed by atoms with van der Waals surface area (Å²) >= 11 is 1.25. The quantitative estimate of drug-likeness (QED) is 0.142. The summed E-state index contributed by atoms with van der Waals surface area (Å²) in [4.78, 5) is 36.9. The van der Waals surface area contributed by atoms with Gasteiger partial charge < -0.3 is 14.2 Å². The molecular weight excluding hydrogens is 488 g/mol. The summed E-state index contributed by atoms with van der Waals surface area (Å²) in [6.07, 6.45) is 6.62. The van der Waals surface area contributed by atoms with Gasteiger partial charge in [-0.1, -0.05) is 38.0 Å². The molecule has 3 aromatic heterocycles. The van der Waals surface area contributed by atoms with E-state index in [0.29, 0.717) is 34.4 Å². The number of hydrogen-bond acceptors (Lipinski definition) is 7. The smallest absolute Gasteiger partial charge is 0.301 e. The third-order valence-electron chi connectivity index (χ3n) is 6.59. The Bertz CT molecular complexity index is 1490. The molecule has 1 unspecified atom stereocenters. The molecule has 4 heterocycles. The second-order valence-corrected chi connectivity index (χ2v) is 9.91. The average molecular weight is 517 g/mol. The van der Waals surface area contributed by atoms with Crippen molar-refractivity contribution in [3.05, 3.63) is 82.3 Å². The number of carbonyl (C=O) groups is 2. The number of aryl methyl sites for hydroxylation is 2. The zero-order valence-corrected chi connectivity index (χ0v) is 21.8. The first-order valence-electron chi connectivity index (χ1n) is 12.3. The molecule has 190 valence electrons. The number of pyridine rings is 1. The molecule has 1 saturated heterocycles. The van der Waals surface area contributed by atoms with E-state index in [1.165, 1.54) is 16.2 Å². The number of rotatable bonds is 8. The number of thiazole rings is 1. The van der Waals surface area contributed by atoms with Crippen LogP contribution < -0.4 is 9.64 Å². The van der Waals surface area contributed by atoms with Crippen molar-refractivity contribution in [2.24, 2.45) is 0 Å². The lowest BCUT2D eigenvalue weighted by Gasteiger charge is -2.23. The van der Waals surface area contributed by atoms with E-state index in [1.54, 1.807) is 11.6 Å². The zero-order chi connectivity index (χ0) is 26.1. The lowest BCUT2D eigenvalue weighted by atomic mass is 9.96. The molecule has 1 fully saturated rings. The number of carbonyl (C=O) groups excluding carboxylic acids is 2. The van der Waals surface area contributed by atoms with Gasteiger partial charge in [-0.2, -0.15) is 0 Å². The van der Waals surface area contributed by atoms with Crippen LogP contribution >= 0.6 is 11.3 Å². The number of Topliss-reactive ketones (excluding diaryl/α,β-unsaturated/α-hetero) is 1. The number of unbranched alkanes of at least 4 members (excludes halogenated alkanes) is 2. The SMILES string of the molecule is CCCCCOc1ccc(C2C(=C(O)c3nc4c(C)cccn4c3C)C(=O)C(=O)N2c2nccs2)cc1. The summed E-state index contributed by atoms with van der Waals surface area (Å²) in [6, 6.07) is 10.3. The lowest BCUT2D eigenvalue weighted by Crippen LogP contribution is -2.29. The topological polar surface area (TPSA) is 97.0 Å². The van der Waals surface area contributed by atoms with Crippen molar-refractivity contribution in [2.45, 2.75) is 46.1 Å². The Morgan fingerprint density at radius 3 is 2.59 bits per heavy atom. The molecule has 0 radical (unpaired) electrons. The molecule has 1 atom stereocenters. The number of imidazole rings is 1. The number of anilines is 1. The van der Waals surface area contributed by atoms with E-state index in [0.717, 1.165) is 24.8 Å². The summed E-state index contributed by atoms with van der Waals surface area (Å²) in [5, 5.41) is 13.6. The number of ketones is 1. The fourth-order valence-corrected chi connectivity index (χ4v) is 5.31. The van der Waals surface area contributed by atoms with Crippen LogP contribution in [0.1, 0.15) is 54.7 Å². The Labute approximate surface area is 218 Å². The van der Waals surface area contributed by atoms with Gasteiger partial charge in [-0.3, -0.25) is 14.5 Å². The Kier molecular flexibility index (Phi) is 6.80. The normalized spacial score (nSPS) is 17.2. The Hall–Kier alpha value is -3.98. The van der Waals surface area contributed by atoms with E-state index in [9.17, 15) is 14.7 Å². The van der Waals surface area contributed by atoms with Crippen LogP contribution in [0.3, 0.4) is 0 Å². The standard InChI is InChI=1S/C28H28N4O4S/c1-4-5-6-15-36-20-11-9-19(10-12-20)23-21(25(34)27(35)32(23)28-29-13-16-37-28)24(33)22-18(3)31-14-7-8-17(2)26(31)30-22/h7-14,16,23,33H,4-6,15H2,1-3H3. The number of amides is 1. The fourth-order valence-electron chi connectivity index (χ4n) is 4.64. The van der Waals surface area contributed by atoms with Crippen molar-refractivity contribution in [1.82, 2.24) is 14.4 Å². The molecule has 4 aromatic rings. The van der Waals surface area contributed by atoms with Crippen LogP contribution in [-0.2, 0) is 9.59 Å². The van der Waals surface area contributed by atoms with Crippen molar-refractivity contribution in [3.63, 3.8) is 0 Å². The second-order valence-electron chi connectivity index (χ2n) is 9.04.